The van der Waals surface area contributed by atoms with Crippen molar-refractivity contribution in [1.29, 1.82) is 0 Å². The van der Waals surface area contributed by atoms with Gasteiger partial charge in [-0.1, -0.05) is 52.5 Å². The first-order valence-electron chi connectivity index (χ1n) is 6.64. The van der Waals surface area contributed by atoms with E-state index in [1.807, 2.05) is 0 Å². The molecule has 0 aliphatic rings. The zero-order valence-electron chi connectivity index (χ0n) is 12.5. The van der Waals surface area contributed by atoms with Crippen LogP contribution in [0.4, 0.5) is 17.1 Å². The van der Waals surface area contributed by atoms with Crippen LogP contribution in [0.2, 0.25) is 20.1 Å². The van der Waals surface area contributed by atoms with E-state index in [-0.39, 0.29) is 42.3 Å². The number of nitrogens with zero attached hydrogens (tertiary/aromatic N) is 2. The SMILES string of the molecule is O=CNN(C(=S)Nc1cc(Cl)c(Cl)c(Cl)c1Cl)c1cccc([N+](=O)[O-])c1. The molecule has 0 atom stereocenters. The van der Waals surface area contributed by atoms with Crippen LogP contribution >= 0.6 is 58.6 Å². The molecule has 2 aromatic rings. The van der Waals surface area contributed by atoms with E-state index in [2.05, 4.69) is 10.7 Å². The second-order valence-electron chi connectivity index (χ2n) is 4.64. The monoisotopic (exact) mass is 452 g/mol. The van der Waals surface area contributed by atoms with Crippen molar-refractivity contribution < 1.29 is 9.72 Å². The first-order chi connectivity index (χ1) is 12.3. The minimum absolute atomic E-state index is 0.0244. The van der Waals surface area contributed by atoms with Gasteiger partial charge in [-0.15, -0.1) is 0 Å². The number of thiocarbonyl (C=S) groups is 1. The van der Waals surface area contributed by atoms with E-state index < -0.39 is 4.92 Å². The lowest BCUT2D eigenvalue weighted by Crippen LogP contribution is -2.44. The van der Waals surface area contributed by atoms with Gasteiger partial charge in [0.1, 0.15) is 0 Å². The first-order valence-corrected chi connectivity index (χ1v) is 8.56. The van der Waals surface area contributed by atoms with Gasteiger partial charge in [0.2, 0.25) is 6.41 Å². The van der Waals surface area contributed by atoms with E-state index in [0.717, 1.165) is 5.01 Å². The average molecular weight is 454 g/mol. The average Bonchev–Trinajstić information content (AvgIpc) is 2.62. The Morgan fingerprint density at radius 2 is 1.85 bits per heavy atom. The maximum absolute atomic E-state index is 10.9. The zero-order valence-corrected chi connectivity index (χ0v) is 16.3. The van der Waals surface area contributed by atoms with Gasteiger partial charge in [-0.25, -0.2) is 5.01 Å². The van der Waals surface area contributed by atoms with Gasteiger partial charge >= 0.3 is 0 Å². The van der Waals surface area contributed by atoms with Crippen molar-refractivity contribution in [2.45, 2.75) is 0 Å². The summed E-state index contributed by atoms with van der Waals surface area (Å²) in [6.07, 6.45) is 0.357. The predicted octanol–water partition coefficient (Wildman–Crippen LogP) is 5.07. The van der Waals surface area contributed by atoms with Crippen LogP contribution in [0.1, 0.15) is 0 Å². The summed E-state index contributed by atoms with van der Waals surface area (Å²) in [4.78, 5) is 21.3. The number of anilines is 2. The van der Waals surface area contributed by atoms with Gasteiger partial charge in [0.15, 0.2) is 5.11 Å². The third-order valence-corrected chi connectivity index (χ3v) is 5.06. The lowest BCUT2D eigenvalue weighted by Gasteiger charge is -2.24. The second kappa shape index (κ2) is 8.70. The first kappa shape index (κ1) is 20.5. The minimum Gasteiger partial charge on any atom is -0.330 e. The number of nitrogens with one attached hydrogen (secondary N) is 2. The van der Waals surface area contributed by atoms with Crippen molar-refractivity contribution in [3.05, 3.63) is 60.5 Å². The Hall–Kier alpha value is -1.84. The van der Waals surface area contributed by atoms with E-state index in [1.165, 1.54) is 30.3 Å². The Kier molecular flexibility index (Phi) is 6.85. The molecule has 26 heavy (non-hydrogen) atoms. The molecule has 0 heterocycles. The molecule has 2 N–H and O–H groups in total. The quantitative estimate of drug-likeness (QED) is 0.164. The van der Waals surface area contributed by atoms with Crippen LogP contribution < -0.4 is 15.8 Å². The number of hydrogen-bond donors (Lipinski definition) is 2. The van der Waals surface area contributed by atoms with E-state index in [4.69, 9.17) is 58.6 Å². The fourth-order valence-electron chi connectivity index (χ4n) is 1.88. The normalized spacial score (nSPS) is 10.2. The zero-order chi connectivity index (χ0) is 19.4. The van der Waals surface area contributed by atoms with Crippen molar-refractivity contribution in [1.82, 2.24) is 5.43 Å². The summed E-state index contributed by atoms with van der Waals surface area (Å²) in [6, 6.07) is 6.89. The highest BCUT2D eigenvalue weighted by Gasteiger charge is 2.19. The number of carbonyl (C=O) groups is 1. The molecular weight excluding hydrogens is 446 g/mol. The van der Waals surface area contributed by atoms with Crippen LogP contribution in [0.15, 0.2) is 30.3 Å². The number of hydrazine groups is 1. The number of amides is 1. The Bertz CT molecular complexity index is 897. The Morgan fingerprint density at radius 1 is 1.15 bits per heavy atom. The molecule has 0 radical (unpaired) electrons. The van der Waals surface area contributed by atoms with Crippen molar-refractivity contribution in [2.24, 2.45) is 0 Å². The number of hydrogen-bond acceptors (Lipinski definition) is 4. The molecule has 7 nitrogen and oxygen atoms in total. The molecule has 0 spiro atoms. The smallest absolute Gasteiger partial charge is 0.271 e. The summed E-state index contributed by atoms with van der Waals surface area (Å²) in [6.45, 7) is 0. The Balaban J connectivity index is 2.37. The molecule has 2 aromatic carbocycles. The molecule has 12 heteroatoms. The highest BCUT2D eigenvalue weighted by Crippen LogP contribution is 2.40. The molecule has 0 unspecified atom stereocenters. The van der Waals surface area contributed by atoms with Crippen LogP contribution in [0.3, 0.4) is 0 Å². The Morgan fingerprint density at radius 3 is 2.46 bits per heavy atom. The lowest BCUT2D eigenvalue weighted by atomic mass is 10.3. The van der Waals surface area contributed by atoms with E-state index in [1.54, 1.807) is 0 Å². The summed E-state index contributed by atoms with van der Waals surface area (Å²) >= 11 is 29.2. The second-order valence-corrected chi connectivity index (χ2v) is 6.57. The molecule has 0 saturated carbocycles. The Labute approximate surface area is 172 Å². The largest absolute Gasteiger partial charge is 0.330 e. The fourth-order valence-corrected chi connectivity index (χ4v) is 3.00. The number of halogens is 4. The number of nitro benzene ring substituents is 1. The maximum Gasteiger partial charge on any atom is 0.271 e. The van der Waals surface area contributed by atoms with Crippen molar-refractivity contribution in [2.75, 3.05) is 10.3 Å². The van der Waals surface area contributed by atoms with Gasteiger partial charge in [0.05, 0.1) is 36.4 Å². The summed E-state index contributed by atoms with van der Waals surface area (Å²) in [5, 5.41) is 15.1. The molecule has 0 aromatic heterocycles. The molecule has 0 aliphatic heterocycles. The summed E-state index contributed by atoms with van der Waals surface area (Å²) < 4.78 is 0. The van der Waals surface area contributed by atoms with Crippen molar-refractivity contribution in [3.8, 4) is 0 Å². The third-order valence-electron chi connectivity index (χ3n) is 3.03. The molecule has 136 valence electrons. The number of benzene rings is 2. The van der Waals surface area contributed by atoms with Crippen LogP contribution in [0.25, 0.3) is 0 Å². The molecule has 0 fully saturated rings. The van der Waals surface area contributed by atoms with Gasteiger partial charge in [-0.2, -0.15) is 0 Å². The maximum atomic E-state index is 10.9. The summed E-state index contributed by atoms with van der Waals surface area (Å²) in [5.74, 6) is 0. The van der Waals surface area contributed by atoms with Gasteiger partial charge in [-0.05, 0) is 24.4 Å². The number of carbonyl (C=O) groups excluding carboxylic acids is 1. The van der Waals surface area contributed by atoms with Crippen LogP contribution in [0, 0.1) is 10.1 Å². The summed E-state index contributed by atoms with van der Waals surface area (Å²) in [5.41, 5.74) is 2.63. The van der Waals surface area contributed by atoms with Gasteiger partial charge in [0.25, 0.3) is 5.69 Å². The number of nitro groups is 1. The standard InChI is InChI=1S/C14H8Cl4N4O3S/c15-9-5-10(12(17)13(18)11(9)16)20-14(26)21(19-6-23)7-2-1-3-8(4-7)22(24)25/h1-6H,(H,19,23)(H,20,26). The minimum atomic E-state index is -0.575. The lowest BCUT2D eigenvalue weighted by molar-refractivity contribution is -0.384. The number of rotatable bonds is 5. The van der Waals surface area contributed by atoms with Gasteiger partial charge in [-0.3, -0.25) is 20.3 Å². The van der Waals surface area contributed by atoms with Gasteiger partial charge in [0, 0.05) is 12.1 Å². The molecule has 0 saturated heterocycles. The van der Waals surface area contributed by atoms with E-state index in [9.17, 15) is 14.9 Å². The molecule has 0 aliphatic carbocycles. The van der Waals surface area contributed by atoms with Crippen LogP contribution in [-0.2, 0) is 4.79 Å². The molecule has 1 amide bonds. The molecule has 2 rings (SSSR count). The summed E-state index contributed by atoms with van der Waals surface area (Å²) in [7, 11) is 0. The highest BCUT2D eigenvalue weighted by molar-refractivity contribution is 7.80. The van der Waals surface area contributed by atoms with Crippen molar-refractivity contribution >= 4 is 87.2 Å². The number of non-ortho nitro benzene ring substituents is 1. The van der Waals surface area contributed by atoms with Crippen LogP contribution in [0.5, 0.6) is 0 Å². The van der Waals surface area contributed by atoms with E-state index in [0.29, 0.717) is 6.41 Å². The molecule has 0 bridgehead atoms. The fraction of sp³-hybridized carbons (Fsp3) is 0. The van der Waals surface area contributed by atoms with Gasteiger partial charge < -0.3 is 5.32 Å². The van der Waals surface area contributed by atoms with Crippen LogP contribution in [-0.4, -0.2) is 16.4 Å². The van der Waals surface area contributed by atoms with Crippen molar-refractivity contribution in [3.63, 3.8) is 0 Å². The highest BCUT2D eigenvalue weighted by atomic mass is 35.5. The van der Waals surface area contributed by atoms with E-state index >= 15 is 0 Å². The molecular formula is C14H8Cl4N4O3S. The topological polar surface area (TPSA) is 87.5 Å². The third kappa shape index (κ3) is 4.46. The predicted molar refractivity (Wildman–Crippen MR) is 107 cm³/mol.